The minimum atomic E-state index is -3.22. The smallest absolute Gasteiger partial charge is 0.251 e. The first-order valence-electron chi connectivity index (χ1n) is 8.73. The van der Waals surface area contributed by atoms with Gasteiger partial charge in [0.05, 0.1) is 5.25 Å². The van der Waals surface area contributed by atoms with Crippen molar-refractivity contribution < 1.29 is 18.0 Å². The van der Waals surface area contributed by atoms with E-state index in [0.29, 0.717) is 24.3 Å². The summed E-state index contributed by atoms with van der Waals surface area (Å²) in [5, 5.41) is 5.29. The number of carbonyl (C=O) groups is 2. The van der Waals surface area contributed by atoms with E-state index in [1.54, 1.807) is 24.3 Å². The number of amides is 2. The van der Waals surface area contributed by atoms with E-state index < -0.39 is 10.0 Å². The van der Waals surface area contributed by atoms with E-state index in [9.17, 15) is 18.0 Å². The maximum absolute atomic E-state index is 12.5. The van der Waals surface area contributed by atoms with Crippen molar-refractivity contribution in [2.24, 2.45) is 0 Å². The number of benzene rings is 1. The molecule has 26 heavy (non-hydrogen) atoms. The molecule has 0 spiro atoms. The van der Waals surface area contributed by atoms with Crippen molar-refractivity contribution in [1.29, 1.82) is 0 Å². The number of rotatable bonds is 6. The Morgan fingerprint density at radius 2 is 2.00 bits per heavy atom. The van der Waals surface area contributed by atoms with Gasteiger partial charge >= 0.3 is 0 Å². The van der Waals surface area contributed by atoms with Gasteiger partial charge in [-0.3, -0.25) is 9.59 Å². The normalized spacial score (nSPS) is 21.0. The molecule has 7 nitrogen and oxygen atoms in total. The molecule has 0 aromatic heterocycles. The molecule has 1 aromatic rings. The Morgan fingerprint density at radius 3 is 2.69 bits per heavy atom. The maximum atomic E-state index is 12.5. The molecular formula is C18H23N3O4S. The minimum absolute atomic E-state index is 0.212. The van der Waals surface area contributed by atoms with Gasteiger partial charge in [-0.15, -0.1) is 0 Å². The van der Waals surface area contributed by atoms with Crippen molar-refractivity contribution in [2.45, 2.75) is 37.0 Å². The predicted octanol–water partition coefficient (Wildman–Crippen LogP) is 1.50. The first kappa shape index (κ1) is 18.6. The van der Waals surface area contributed by atoms with Crippen LogP contribution in [0.3, 0.4) is 0 Å². The van der Waals surface area contributed by atoms with Gasteiger partial charge in [0.2, 0.25) is 15.9 Å². The van der Waals surface area contributed by atoms with Crippen LogP contribution in [0.5, 0.6) is 0 Å². The average Bonchev–Trinajstić information content (AvgIpc) is 3.48. The summed E-state index contributed by atoms with van der Waals surface area (Å²) < 4.78 is 26.3. The maximum Gasteiger partial charge on any atom is 0.251 e. The zero-order valence-electron chi connectivity index (χ0n) is 14.5. The zero-order chi connectivity index (χ0) is 18.7. The van der Waals surface area contributed by atoms with E-state index in [1.807, 2.05) is 0 Å². The molecule has 2 fully saturated rings. The Hall–Kier alpha value is -2.19. The second kappa shape index (κ2) is 7.59. The summed E-state index contributed by atoms with van der Waals surface area (Å²) in [4.78, 5) is 23.9. The van der Waals surface area contributed by atoms with E-state index in [1.165, 1.54) is 4.31 Å². The summed E-state index contributed by atoms with van der Waals surface area (Å²) >= 11 is 0. The zero-order valence-corrected chi connectivity index (χ0v) is 15.3. The highest BCUT2D eigenvalue weighted by Crippen LogP contribution is 2.32. The standard InChI is InChI=1S/C18H23N3O4S/c1-2-17(22)19-14-6-3-5-13(11-14)18(23)20-15-7-4-10-21(12-15)26(24,25)16-8-9-16/h2-3,5-6,11,15-16H,1,4,7-10,12H2,(H,19,22)(H,20,23)/t15-/m1/s1. The number of nitrogens with zero attached hydrogens (tertiary/aromatic N) is 1. The van der Waals surface area contributed by atoms with Crippen LogP contribution in [-0.4, -0.2) is 48.9 Å². The van der Waals surface area contributed by atoms with Crippen LogP contribution < -0.4 is 10.6 Å². The molecule has 0 bridgehead atoms. The van der Waals surface area contributed by atoms with E-state index in [2.05, 4.69) is 17.2 Å². The Kier molecular flexibility index (Phi) is 5.43. The van der Waals surface area contributed by atoms with Crippen LogP contribution in [0.4, 0.5) is 5.69 Å². The van der Waals surface area contributed by atoms with Crippen LogP contribution in [0.1, 0.15) is 36.0 Å². The van der Waals surface area contributed by atoms with Gasteiger partial charge in [-0.25, -0.2) is 8.42 Å². The average molecular weight is 377 g/mol. The first-order chi connectivity index (χ1) is 12.4. The van der Waals surface area contributed by atoms with Crippen molar-refractivity contribution in [3.63, 3.8) is 0 Å². The number of carbonyl (C=O) groups excluding carboxylic acids is 2. The van der Waals surface area contributed by atoms with Crippen LogP contribution in [-0.2, 0) is 14.8 Å². The molecule has 1 aliphatic carbocycles. The summed E-state index contributed by atoms with van der Waals surface area (Å²) in [7, 11) is -3.22. The molecule has 1 aromatic carbocycles. The summed E-state index contributed by atoms with van der Waals surface area (Å²) in [6.07, 6.45) is 4.10. The lowest BCUT2D eigenvalue weighted by molar-refractivity contribution is -0.111. The highest BCUT2D eigenvalue weighted by atomic mass is 32.2. The number of hydrogen-bond donors (Lipinski definition) is 2. The van der Waals surface area contributed by atoms with Crippen LogP contribution in [0.2, 0.25) is 0 Å². The Bertz CT molecular complexity index is 817. The highest BCUT2D eigenvalue weighted by molar-refractivity contribution is 7.90. The second-order valence-electron chi connectivity index (χ2n) is 6.69. The lowest BCUT2D eigenvalue weighted by Crippen LogP contribution is -2.50. The number of anilines is 1. The van der Waals surface area contributed by atoms with Gasteiger partial charge in [0.25, 0.3) is 5.91 Å². The largest absolute Gasteiger partial charge is 0.348 e. The molecular weight excluding hydrogens is 354 g/mol. The summed E-state index contributed by atoms with van der Waals surface area (Å²) in [5.41, 5.74) is 0.915. The SMILES string of the molecule is C=CC(=O)Nc1cccc(C(=O)N[C@@H]2CCCN(S(=O)(=O)C3CC3)C2)c1. The van der Waals surface area contributed by atoms with E-state index >= 15 is 0 Å². The lowest BCUT2D eigenvalue weighted by Gasteiger charge is -2.32. The van der Waals surface area contributed by atoms with Crippen molar-refractivity contribution in [1.82, 2.24) is 9.62 Å². The van der Waals surface area contributed by atoms with Gasteiger partial charge in [-0.1, -0.05) is 12.6 Å². The molecule has 2 aliphatic rings. The van der Waals surface area contributed by atoms with Crippen molar-refractivity contribution in [3.8, 4) is 0 Å². The fourth-order valence-corrected chi connectivity index (χ4v) is 4.99. The number of nitrogens with one attached hydrogen (secondary N) is 2. The minimum Gasteiger partial charge on any atom is -0.348 e. The molecule has 8 heteroatoms. The van der Waals surface area contributed by atoms with Gasteiger partial charge in [-0.05, 0) is 50.0 Å². The van der Waals surface area contributed by atoms with Gasteiger partial charge in [-0.2, -0.15) is 4.31 Å². The monoisotopic (exact) mass is 377 g/mol. The quantitative estimate of drug-likeness (QED) is 0.735. The molecule has 3 rings (SSSR count). The van der Waals surface area contributed by atoms with Gasteiger partial charge < -0.3 is 10.6 Å². The molecule has 0 radical (unpaired) electrons. The third-order valence-corrected chi connectivity index (χ3v) is 6.97. The summed E-state index contributed by atoms with van der Waals surface area (Å²) in [5.74, 6) is -0.633. The second-order valence-corrected chi connectivity index (χ2v) is 8.90. The molecule has 1 saturated heterocycles. The third kappa shape index (κ3) is 4.31. The van der Waals surface area contributed by atoms with Crippen molar-refractivity contribution in [2.75, 3.05) is 18.4 Å². The van der Waals surface area contributed by atoms with Crippen LogP contribution in [0, 0.1) is 0 Å². The molecule has 140 valence electrons. The molecule has 2 amide bonds. The molecule has 0 unspecified atom stereocenters. The van der Waals surface area contributed by atoms with Crippen molar-refractivity contribution in [3.05, 3.63) is 42.5 Å². The molecule has 1 atom stereocenters. The molecule has 1 saturated carbocycles. The van der Waals surface area contributed by atoms with Crippen LogP contribution in [0.25, 0.3) is 0 Å². The fourth-order valence-electron chi connectivity index (χ4n) is 3.07. The Balaban J connectivity index is 1.63. The topological polar surface area (TPSA) is 95.6 Å². The van der Waals surface area contributed by atoms with Gasteiger partial charge in [0, 0.05) is 30.4 Å². The number of sulfonamides is 1. The molecule has 1 heterocycles. The molecule has 2 N–H and O–H groups in total. The Morgan fingerprint density at radius 1 is 1.23 bits per heavy atom. The van der Waals surface area contributed by atoms with Crippen LogP contribution in [0.15, 0.2) is 36.9 Å². The van der Waals surface area contributed by atoms with Crippen LogP contribution >= 0.6 is 0 Å². The predicted molar refractivity (Wildman–Crippen MR) is 99.3 cm³/mol. The highest BCUT2D eigenvalue weighted by Gasteiger charge is 2.41. The molecule has 1 aliphatic heterocycles. The third-order valence-electron chi connectivity index (χ3n) is 4.60. The summed E-state index contributed by atoms with van der Waals surface area (Å²) in [6, 6.07) is 6.39. The Labute approximate surface area is 153 Å². The van der Waals surface area contributed by atoms with E-state index in [0.717, 1.165) is 31.8 Å². The number of piperidine rings is 1. The van der Waals surface area contributed by atoms with E-state index in [4.69, 9.17) is 0 Å². The van der Waals surface area contributed by atoms with Gasteiger partial charge in [0.1, 0.15) is 0 Å². The lowest BCUT2D eigenvalue weighted by atomic mass is 10.1. The number of hydrogen-bond acceptors (Lipinski definition) is 4. The van der Waals surface area contributed by atoms with E-state index in [-0.39, 0.29) is 23.1 Å². The van der Waals surface area contributed by atoms with Crippen molar-refractivity contribution >= 4 is 27.5 Å². The summed E-state index contributed by atoms with van der Waals surface area (Å²) in [6.45, 7) is 4.23. The first-order valence-corrected chi connectivity index (χ1v) is 10.2. The van der Waals surface area contributed by atoms with Gasteiger partial charge in [0.15, 0.2) is 0 Å². The fraction of sp³-hybridized carbons (Fsp3) is 0.444.